The summed E-state index contributed by atoms with van der Waals surface area (Å²) >= 11 is 0. The molecule has 116 valence electrons. The molecule has 5 heteroatoms. The van der Waals surface area contributed by atoms with Crippen molar-refractivity contribution in [2.45, 2.75) is 26.7 Å². The molecule has 0 radical (unpaired) electrons. The predicted octanol–water partition coefficient (Wildman–Crippen LogP) is 2.75. The van der Waals surface area contributed by atoms with Crippen LogP contribution in [0.25, 0.3) is 0 Å². The smallest absolute Gasteiger partial charge is 0.319 e. The van der Waals surface area contributed by atoms with Gasteiger partial charge in [0.05, 0.1) is 13.2 Å². The van der Waals surface area contributed by atoms with E-state index >= 15 is 0 Å². The van der Waals surface area contributed by atoms with Gasteiger partial charge in [-0.2, -0.15) is 0 Å². The van der Waals surface area contributed by atoms with Crippen LogP contribution in [-0.2, 0) is 4.74 Å². The number of carbonyl (C=O) groups excluding carboxylic acids is 1. The zero-order valence-corrected chi connectivity index (χ0v) is 12.9. The molecule has 0 bridgehead atoms. The Kier molecular flexibility index (Phi) is 5.87. The van der Waals surface area contributed by atoms with Crippen molar-refractivity contribution in [3.63, 3.8) is 0 Å². The highest BCUT2D eigenvalue weighted by molar-refractivity contribution is 5.90. The maximum absolute atomic E-state index is 11.8. The molecular formula is C16H25N3O2. The van der Waals surface area contributed by atoms with E-state index in [1.807, 2.05) is 13.0 Å². The zero-order valence-electron chi connectivity index (χ0n) is 12.9. The molecule has 0 aliphatic carbocycles. The van der Waals surface area contributed by atoms with Gasteiger partial charge in [0.15, 0.2) is 0 Å². The van der Waals surface area contributed by atoms with E-state index in [4.69, 9.17) is 4.74 Å². The second kappa shape index (κ2) is 7.88. The van der Waals surface area contributed by atoms with Crippen molar-refractivity contribution < 1.29 is 9.53 Å². The third-order valence-electron chi connectivity index (χ3n) is 3.65. The Hall–Kier alpha value is -1.75. The van der Waals surface area contributed by atoms with Gasteiger partial charge in [0.2, 0.25) is 0 Å². The van der Waals surface area contributed by atoms with Crippen molar-refractivity contribution in [3.05, 3.63) is 23.8 Å². The van der Waals surface area contributed by atoms with Crippen molar-refractivity contribution in [1.29, 1.82) is 0 Å². The van der Waals surface area contributed by atoms with E-state index in [-0.39, 0.29) is 6.03 Å². The molecule has 1 aromatic rings. The first-order valence-corrected chi connectivity index (χ1v) is 7.69. The lowest BCUT2D eigenvalue weighted by atomic mass is 10.1. The zero-order chi connectivity index (χ0) is 15.1. The highest BCUT2D eigenvalue weighted by atomic mass is 16.5. The molecule has 2 amide bonds. The number of hydrogen-bond donors (Lipinski definition) is 2. The Labute approximate surface area is 126 Å². The lowest BCUT2D eigenvalue weighted by molar-refractivity contribution is 0.122. The van der Waals surface area contributed by atoms with E-state index in [9.17, 15) is 4.79 Å². The summed E-state index contributed by atoms with van der Waals surface area (Å²) in [6.07, 6.45) is 2.08. The number of anilines is 2. The van der Waals surface area contributed by atoms with Crippen LogP contribution in [0, 0.1) is 6.92 Å². The normalized spacial score (nSPS) is 14.9. The molecule has 0 aromatic heterocycles. The Balaban J connectivity index is 1.93. The van der Waals surface area contributed by atoms with E-state index < -0.39 is 0 Å². The fraction of sp³-hybridized carbons (Fsp3) is 0.562. The Bertz CT molecular complexity index is 471. The monoisotopic (exact) mass is 291 g/mol. The summed E-state index contributed by atoms with van der Waals surface area (Å²) in [6, 6.07) is 6.01. The summed E-state index contributed by atoms with van der Waals surface area (Å²) in [5.74, 6) is 0. The van der Waals surface area contributed by atoms with Gasteiger partial charge in [-0.05, 0) is 37.1 Å². The lowest BCUT2D eigenvalue weighted by Gasteiger charge is -2.29. The fourth-order valence-electron chi connectivity index (χ4n) is 2.35. The van der Waals surface area contributed by atoms with Gasteiger partial charge < -0.3 is 20.3 Å². The average Bonchev–Trinajstić information content (AvgIpc) is 2.50. The fourth-order valence-corrected chi connectivity index (χ4v) is 2.35. The summed E-state index contributed by atoms with van der Waals surface area (Å²) in [6.45, 7) is 8.23. The number of unbranched alkanes of at least 4 members (excludes halogenated alkanes) is 1. The highest BCUT2D eigenvalue weighted by Gasteiger charge is 2.12. The van der Waals surface area contributed by atoms with Crippen LogP contribution >= 0.6 is 0 Å². The Morgan fingerprint density at radius 3 is 2.76 bits per heavy atom. The van der Waals surface area contributed by atoms with Crippen molar-refractivity contribution in [3.8, 4) is 0 Å². The highest BCUT2D eigenvalue weighted by Crippen LogP contribution is 2.23. The number of morpholine rings is 1. The minimum Gasteiger partial charge on any atom is -0.378 e. The van der Waals surface area contributed by atoms with Crippen molar-refractivity contribution in [2.24, 2.45) is 0 Å². The summed E-state index contributed by atoms with van der Waals surface area (Å²) in [5, 5.41) is 5.77. The second-order valence-corrected chi connectivity index (χ2v) is 5.33. The summed E-state index contributed by atoms with van der Waals surface area (Å²) in [4.78, 5) is 14.1. The van der Waals surface area contributed by atoms with Gasteiger partial charge in [-0.15, -0.1) is 0 Å². The number of urea groups is 1. The third kappa shape index (κ3) is 4.63. The number of nitrogens with zero attached hydrogens (tertiary/aromatic N) is 1. The first-order valence-electron chi connectivity index (χ1n) is 7.69. The lowest BCUT2D eigenvalue weighted by Crippen LogP contribution is -2.36. The second-order valence-electron chi connectivity index (χ2n) is 5.33. The Morgan fingerprint density at radius 1 is 1.33 bits per heavy atom. The van der Waals surface area contributed by atoms with Crippen LogP contribution in [0.2, 0.25) is 0 Å². The van der Waals surface area contributed by atoms with Crippen LogP contribution in [0.5, 0.6) is 0 Å². The summed E-state index contributed by atoms with van der Waals surface area (Å²) in [5.41, 5.74) is 3.12. The third-order valence-corrected chi connectivity index (χ3v) is 3.65. The van der Waals surface area contributed by atoms with Gasteiger partial charge in [0.25, 0.3) is 0 Å². The minimum atomic E-state index is -0.134. The average molecular weight is 291 g/mol. The molecule has 1 heterocycles. The maximum Gasteiger partial charge on any atom is 0.319 e. The van der Waals surface area contributed by atoms with Crippen LogP contribution < -0.4 is 15.5 Å². The molecule has 1 aliphatic rings. The van der Waals surface area contributed by atoms with Gasteiger partial charge in [-0.3, -0.25) is 0 Å². The molecule has 1 fully saturated rings. The van der Waals surface area contributed by atoms with Crippen LogP contribution in [-0.4, -0.2) is 38.9 Å². The van der Waals surface area contributed by atoms with E-state index in [2.05, 4.69) is 34.6 Å². The number of benzene rings is 1. The summed E-state index contributed by atoms with van der Waals surface area (Å²) < 4.78 is 5.37. The first kappa shape index (κ1) is 15.6. The molecule has 2 N–H and O–H groups in total. The minimum absolute atomic E-state index is 0.134. The van der Waals surface area contributed by atoms with Gasteiger partial charge in [-0.25, -0.2) is 4.79 Å². The van der Waals surface area contributed by atoms with Crippen LogP contribution in [0.4, 0.5) is 16.2 Å². The molecule has 1 aliphatic heterocycles. The molecule has 0 unspecified atom stereocenters. The number of amides is 2. The number of hydrogen-bond acceptors (Lipinski definition) is 3. The molecule has 1 saturated heterocycles. The molecule has 0 saturated carbocycles. The van der Waals surface area contributed by atoms with Crippen molar-refractivity contribution >= 4 is 17.4 Å². The predicted molar refractivity (Wildman–Crippen MR) is 86.1 cm³/mol. The molecule has 2 rings (SSSR count). The van der Waals surface area contributed by atoms with Crippen LogP contribution in [0.3, 0.4) is 0 Å². The molecule has 1 aromatic carbocycles. The van der Waals surface area contributed by atoms with E-state index in [1.165, 1.54) is 5.69 Å². The van der Waals surface area contributed by atoms with Crippen molar-refractivity contribution in [2.75, 3.05) is 43.1 Å². The van der Waals surface area contributed by atoms with Crippen LogP contribution in [0.1, 0.15) is 25.3 Å². The molecule has 21 heavy (non-hydrogen) atoms. The molecule has 0 atom stereocenters. The topological polar surface area (TPSA) is 53.6 Å². The number of nitrogens with one attached hydrogen (secondary N) is 2. The van der Waals surface area contributed by atoms with Gasteiger partial charge in [0, 0.05) is 31.0 Å². The van der Waals surface area contributed by atoms with E-state index in [1.54, 1.807) is 0 Å². The maximum atomic E-state index is 11.8. The molecule has 5 nitrogen and oxygen atoms in total. The number of carbonyl (C=O) groups is 1. The van der Waals surface area contributed by atoms with Crippen LogP contribution in [0.15, 0.2) is 18.2 Å². The first-order chi connectivity index (χ1) is 10.2. The largest absolute Gasteiger partial charge is 0.378 e. The standard InChI is InChI=1S/C16H25N3O2/c1-3-4-7-17-16(20)18-15-6-5-14(12-13(15)2)19-8-10-21-11-9-19/h5-6,12H,3-4,7-11H2,1-2H3,(H2,17,18,20). The van der Waals surface area contributed by atoms with Crippen molar-refractivity contribution in [1.82, 2.24) is 5.32 Å². The quantitative estimate of drug-likeness (QED) is 0.820. The summed E-state index contributed by atoms with van der Waals surface area (Å²) in [7, 11) is 0. The number of rotatable bonds is 5. The van der Waals surface area contributed by atoms with Gasteiger partial charge in [-0.1, -0.05) is 13.3 Å². The van der Waals surface area contributed by atoms with E-state index in [0.29, 0.717) is 6.54 Å². The SMILES string of the molecule is CCCCNC(=O)Nc1ccc(N2CCOCC2)cc1C. The van der Waals surface area contributed by atoms with E-state index in [0.717, 1.165) is 50.4 Å². The van der Waals surface area contributed by atoms with Gasteiger partial charge >= 0.3 is 6.03 Å². The van der Waals surface area contributed by atoms with Gasteiger partial charge in [0.1, 0.15) is 0 Å². The molecular weight excluding hydrogens is 266 g/mol. The Morgan fingerprint density at radius 2 is 2.10 bits per heavy atom. The number of aryl methyl sites for hydroxylation is 1. The molecule has 0 spiro atoms. The number of ether oxygens (including phenoxy) is 1.